The van der Waals surface area contributed by atoms with Gasteiger partial charge >= 0.3 is 6.18 Å². The minimum atomic E-state index is -4.31. The van der Waals surface area contributed by atoms with Gasteiger partial charge in [0.25, 0.3) is 0 Å². The molecule has 0 heterocycles. The first-order chi connectivity index (χ1) is 9.79. The highest BCUT2D eigenvalue weighted by molar-refractivity contribution is 6.31. The van der Waals surface area contributed by atoms with Crippen molar-refractivity contribution >= 4 is 17.3 Å². The second-order valence-corrected chi connectivity index (χ2v) is 5.31. The number of halogens is 4. The number of hydrogen-bond acceptors (Lipinski definition) is 1. The largest absolute Gasteiger partial charge is 0.416 e. The van der Waals surface area contributed by atoms with Gasteiger partial charge in [-0.25, -0.2) is 0 Å². The molecule has 112 valence electrons. The van der Waals surface area contributed by atoms with Gasteiger partial charge in [-0.3, -0.25) is 0 Å². The molecule has 1 atom stereocenters. The van der Waals surface area contributed by atoms with E-state index in [1.807, 2.05) is 26.0 Å². The molecule has 1 nitrogen and oxygen atoms in total. The van der Waals surface area contributed by atoms with Crippen LogP contribution < -0.4 is 5.32 Å². The first-order valence-corrected chi connectivity index (χ1v) is 6.85. The van der Waals surface area contributed by atoms with E-state index >= 15 is 0 Å². The predicted molar refractivity (Wildman–Crippen MR) is 79.7 cm³/mol. The van der Waals surface area contributed by atoms with E-state index in [1.54, 1.807) is 6.07 Å². The standard InChI is InChI=1S/C16H15ClF3N/c1-10-14(17)4-3-5-15(10)21-11(2)12-6-8-13(9-7-12)16(18,19)20/h3-9,11,21H,1-2H3. The number of alkyl halides is 3. The van der Waals surface area contributed by atoms with Gasteiger partial charge in [0.2, 0.25) is 0 Å². The van der Waals surface area contributed by atoms with Crippen LogP contribution in [0.25, 0.3) is 0 Å². The van der Waals surface area contributed by atoms with Gasteiger partial charge in [-0.2, -0.15) is 13.2 Å². The van der Waals surface area contributed by atoms with Gasteiger partial charge in [-0.05, 0) is 49.2 Å². The number of anilines is 1. The third-order valence-corrected chi connectivity index (χ3v) is 3.79. The van der Waals surface area contributed by atoms with Gasteiger partial charge in [0.05, 0.1) is 5.56 Å². The van der Waals surface area contributed by atoms with Gasteiger partial charge in [0.1, 0.15) is 0 Å². The molecule has 0 saturated carbocycles. The molecule has 5 heteroatoms. The summed E-state index contributed by atoms with van der Waals surface area (Å²) in [5.41, 5.74) is 1.92. The smallest absolute Gasteiger partial charge is 0.378 e. The van der Waals surface area contributed by atoms with Crippen LogP contribution in [-0.2, 0) is 6.18 Å². The summed E-state index contributed by atoms with van der Waals surface area (Å²) in [7, 11) is 0. The number of rotatable bonds is 3. The van der Waals surface area contributed by atoms with E-state index < -0.39 is 11.7 Å². The Balaban J connectivity index is 2.17. The van der Waals surface area contributed by atoms with E-state index in [0.29, 0.717) is 5.02 Å². The van der Waals surface area contributed by atoms with Crippen LogP contribution in [0.5, 0.6) is 0 Å². The Bertz CT molecular complexity index is 620. The highest BCUT2D eigenvalue weighted by Crippen LogP contribution is 2.31. The van der Waals surface area contributed by atoms with Gasteiger partial charge in [-0.15, -0.1) is 0 Å². The third-order valence-electron chi connectivity index (χ3n) is 3.38. The van der Waals surface area contributed by atoms with Crippen molar-refractivity contribution < 1.29 is 13.2 Å². The van der Waals surface area contributed by atoms with Gasteiger partial charge in [-0.1, -0.05) is 29.8 Å². The number of benzene rings is 2. The Hall–Kier alpha value is -1.68. The molecule has 0 saturated heterocycles. The summed E-state index contributed by atoms with van der Waals surface area (Å²) >= 11 is 6.05. The van der Waals surface area contributed by atoms with Crippen LogP contribution >= 0.6 is 11.6 Å². The lowest BCUT2D eigenvalue weighted by Gasteiger charge is -2.18. The van der Waals surface area contributed by atoms with Crippen molar-refractivity contribution in [3.8, 4) is 0 Å². The molecule has 2 aromatic carbocycles. The lowest BCUT2D eigenvalue weighted by Crippen LogP contribution is -2.09. The summed E-state index contributed by atoms with van der Waals surface area (Å²) in [5, 5.41) is 3.91. The van der Waals surface area contributed by atoms with Crippen molar-refractivity contribution in [2.24, 2.45) is 0 Å². The lowest BCUT2D eigenvalue weighted by molar-refractivity contribution is -0.137. The van der Waals surface area contributed by atoms with Crippen molar-refractivity contribution in [2.45, 2.75) is 26.1 Å². The molecule has 1 unspecified atom stereocenters. The Morgan fingerprint density at radius 3 is 2.24 bits per heavy atom. The third kappa shape index (κ3) is 3.70. The molecule has 2 rings (SSSR count). The molecular weight excluding hydrogens is 299 g/mol. The zero-order valence-electron chi connectivity index (χ0n) is 11.6. The highest BCUT2D eigenvalue weighted by atomic mass is 35.5. The molecular formula is C16H15ClF3N. The maximum Gasteiger partial charge on any atom is 0.416 e. The summed E-state index contributed by atoms with van der Waals surface area (Å²) in [5.74, 6) is 0. The van der Waals surface area contributed by atoms with Crippen LogP contribution in [0.2, 0.25) is 5.02 Å². The quantitative estimate of drug-likeness (QED) is 0.750. The molecule has 2 aromatic rings. The molecule has 0 bridgehead atoms. The monoisotopic (exact) mass is 313 g/mol. The van der Waals surface area contributed by atoms with E-state index in [-0.39, 0.29) is 6.04 Å². The molecule has 0 aliphatic carbocycles. The van der Waals surface area contributed by atoms with E-state index in [2.05, 4.69) is 5.32 Å². The van der Waals surface area contributed by atoms with E-state index in [9.17, 15) is 13.2 Å². The second-order valence-electron chi connectivity index (χ2n) is 4.90. The van der Waals surface area contributed by atoms with E-state index in [4.69, 9.17) is 11.6 Å². The maximum atomic E-state index is 12.5. The van der Waals surface area contributed by atoms with Crippen molar-refractivity contribution in [1.29, 1.82) is 0 Å². The number of nitrogens with one attached hydrogen (secondary N) is 1. The van der Waals surface area contributed by atoms with Crippen LogP contribution in [-0.4, -0.2) is 0 Å². The topological polar surface area (TPSA) is 12.0 Å². The van der Waals surface area contributed by atoms with Crippen molar-refractivity contribution in [3.05, 3.63) is 64.2 Å². The Morgan fingerprint density at radius 1 is 1.05 bits per heavy atom. The fourth-order valence-corrected chi connectivity index (χ4v) is 2.22. The number of hydrogen-bond donors (Lipinski definition) is 1. The van der Waals surface area contributed by atoms with E-state index in [0.717, 1.165) is 28.9 Å². The minimum Gasteiger partial charge on any atom is -0.378 e. The summed E-state index contributed by atoms with van der Waals surface area (Å²) < 4.78 is 37.6. The Morgan fingerprint density at radius 2 is 1.67 bits per heavy atom. The second kappa shape index (κ2) is 5.98. The first kappa shape index (κ1) is 15.7. The summed E-state index contributed by atoms with van der Waals surface area (Å²) in [4.78, 5) is 0. The lowest BCUT2D eigenvalue weighted by atomic mass is 10.0. The van der Waals surface area contributed by atoms with Crippen LogP contribution in [0.1, 0.15) is 29.7 Å². The minimum absolute atomic E-state index is 0.121. The molecule has 21 heavy (non-hydrogen) atoms. The predicted octanol–water partition coefficient (Wildman–Crippen LogP) is 5.84. The fraction of sp³-hybridized carbons (Fsp3) is 0.250. The summed E-state index contributed by atoms with van der Waals surface area (Å²) in [6.45, 7) is 3.78. The molecule has 0 fully saturated rings. The van der Waals surface area contributed by atoms with Crippen molar-refractivity contribution in [3.63, 3.8) is 0 Å². The maximum absolute atomic E-state index is 12.5. The van der Waals surface area contributed by atoms with Gasteiger partial charge in [0.15, 0.2) is 0 Å². The zero-order chi connectivity index (χ0) is 15.6. The Labute approximate surface area is 126 Å². The fourth-order valence-electron chi connectivity index (χ4n) is 2.04. The normalized spacial score (nSPS) is 13.0. The Kier molecular flexibility index (Phi) is 4.47. The first-order valence-electron chi connectivity index (χ1n) is 6.48. The molecule has 0 spiro atoms. The van der Waals surface area contributed by atoms with Gasteiger partial charge < -0.3 is 5.32 Å². The van der Waals surface area contributed by atoms with Crippen LogP contribution in [0.3, 0.4) is 0 Å². The van der Waals surface area contributed by atoms with Crippen LogP contribution in [0.4, 0.5) is 18.9 Å². The SMILES string of the molecule is Cc1c(Cl)cccc1NC(C)c1ccc(C(F)(F)F)cc1. The molecule has 0 radical (unpaired) electrons. The molecule has 1 N–H and O–H groups in total. The van der Waals surface area contributed by atoms with Crippen LogP contribution in [0, 0.1) is 6.92 Å². The molecule has 0 aromatic heterocycles. The molecule has 0 amide bonds. The summed E-state index contributed by atoms with van der Waals surface area (Å²) in [6, 6.07) is 10.6. The zero-order valence-corrected chi connectivity index (χ0v) is 12.4. The van der Waals surface area contributed by atoms with Crippen molar-refractivity contribution in [2.75, 3.05) is 5.32 Å². The van der Waals surface area contributed by atoms with Crippen molar-refractivity contribution in [1.82, 2.24) is 0 Å². The average molecular weight is 314 g/mol. The molecule has 0 aliphatic heterocycles. The van der Waals surface area contributed by atoms with E-state index in [1.165, 1.54) is 12.1 Å². The average Bonchev–Trinajstić information content (AvgIpc) is 2.43. The van der Waals surface area contributed by atoms with Gasteiger partial charge in [0, 0.05) is 16.8 Å². The highest BCUT2D eigenvalue weighted by Gasteiger charge is 2.30. The summed E-state index contributed by atoms with van der Waals surface area (Å²) in [6.07, 6.45) is -4.31. The van der Waals surface area contributed by atoms with Crippen LogP contribution in [0.15, 0.2) is 42.5 Å². The molecule has 0 aliphatic rings.